The molecule has 0 saturated carbocycles. The number of rotatable bonds is 0. The van der Waals surface area contributed by atoms with Gasteiger partial charge in [0.15, 0.2) is 0 Å². The van der Waals surface area contributed by atoms with Crippen LogP contribution in [-0.4, -0.2) is 4.57 Å². The molecule has 0 amide bonds. The van der Waals surface area contributed by atoms with Gasteiger partial charge >= 0.3 is 0 Å². The molecule has 0 saturated heterocycles. The predicted molar refractivity (Wildman–Crippen MR) is 58.2 cm³/mol. The second-order valence-electron chi connectivity index (χ2n) is 4.12. The summed E-state index contributed by atoms with van der Waals surface area (Å²) in [4.78, 5) is 0. The lowest BCUT2D eigenvalue weighted by molar-refractivity contribution is 0.566. The van der Waals surface area contributed by atoms with E-state index in [4.69, 9.17) is 5.73 Å². The van der Waals surface area contributed by atoms with Crippen molar-refractivity contribution in [2.75, 3.05) is 0 Å². The van der Waals surface area contributed by atoms with E-state index in [0.29, 0.717) is 0 Å². The van der Waals surface area contributed by atoms with Crippen LogP contribution < -0.4 is 5.73 Å². The Bertz CT molecular complexity index is 496. The zero-order valence-electron chi connectivity index (χ0n) is 8.33. The van der Waals surface area contributed by atoms with Crippen molar-refractivity contribution < 1.29 is 0 Å². The molecule has 2 heterocycles. The van der Waals surface area contributed by atoms with E-state index in [1.54, 1.807) is 0 Å². The van der Waals surface area contributed by atoms with Crippen LogP contribution in [0.4, 0.5) is 0 Å². The molecule has 3 rings (SSSR count). The van der Waals surface area contributed by atoms with Gasteiger partial charge in [0.05, 0.1) is 11.7 Å². The highest BCUT2D eigenvalue weighted by Crippen LogP contribution is 2.31. The number of benzene rings is 1. The van der Waals surface area contributed by atoms with Crippen LogP contribution in [0.3, 0.4) is 0 Å². The van der Waals surface area contributed by atoms with Crippen molar-refractivity contribution in [3.8, 4) is 0 Å². The second-order valence-corrected chi connectivity index (χ2v) is 4.12. The lowest BCUT2D eigenvalue weighted by Gasteiger charge is -2.10. The summed E-state index contributed by atoms with van der Waals surface area (Å²) in [5.41, 5.74) is 10.1. The summed E-state index contributed by atoms with van der Waals surface area (Å²) in [6, 6.07) is 8.70. The summed E-state index contributed by atoms with van der Waals surface area (Å²) in [7, 11) is 0. The Labute approximate surface area is 83.3 Å². The maximum Gasteiger partial charge on any atom is 0.0821 e. The smallest absolute Gasteiger partial charge is 0.0821 e. The highest BCUT2D eigenvalue weighted by atomic mass is 15.1. The Kier molecular flexibility index (Phi) is 1.50. The van der Waals surface area contributed by atoms with Gasteiger partial charge in [0.2, 0.25) is 0 Å². The van der Waals surface area contributed by atoms with Gasteiger partial charge in [-0.05, 0) is 31.4 Å². The largest absolute Gasteiger partial charge is 0.329 e. The zero-order valence-corrected chi connectivity index (χ0v) is 8.33. The van der Waals surface area contributed by atoms with Crippen LogP contribution in [0.1, 0.15) is 23.8 Å². The van der Waals surface area contributed by atoms with E-state index >= 15 is 0 Å². The molecule has 0 aliphatic carbocycles. The van der Waals surface area contributed by atoms with E-state index in [0.717, 1.165) is 12.8 Å². The van der Waals surface area contributed by atoms with Crippen molar-refractivity contribution in [2.45, 2.75) is 25.9 Å². The lowest BCUT2D eigenvalue weighted by atomic mass is 10.1. The second kappa shape index (κ2) is 2.61. The van der Waals surface area contributed by atoms with Gasteiger partial charge in [0.25, 0.3) is 0 Å². The first kappa shape index (κ1) is 8.06. The summed E-state index contributed by atoms with van der Waals surface area (Å²) >= 11 is 0. The number of aryl methyl sites for hydroxylation is 2. The number of hydrogen-bond acceptors (Lipinski definition) is 1. The standard InChI is InChI=1S/C12H14N2/c1-8-3-2-4-9-7-10-5-6-11(13)14(10)12(8)9/h2-4,7,11H,5-6,13H2,1H3. The first-order valence-corrected chi connectivity index (χ1v) is 5.12. The van der Waals surface area contributed by atoms with Crippen molar-refractivity contribution >= 4 is 10.9 Å². The molecule has 1 unspecified atom stereocenters. The Morgan fingerprint density at radius 3 is 3.14 bits per heavy atom. The number of aromatic nitrogens is 1. The number of hydrogen-bond donors (Lipinski definition) is 1. The Morgan fingerprint density at radius 1 is 1.43 bits per heavy atom. The summed E-state index contributed by atoms with van der Waals surface area (Å²) in [6.07, 6.45) is 2.39. The molecule has 72 valence electrons. The Balaban J connectivity index is 2.44. The van der Waals surface area contributed by atoms with Crippen molar-refractivity contribution in [3.05, 3.63) is 35.5 Å². The fourth-order valence-electron chi connectivity index (χ4n) is 2.52. The summed E-state index contributed by atoms with van der Waals surface area (Å²) in [6.45, 7) is 2.15. The molecule has 2 nitrogen and oxygen atoms in total. The SMILES string of the molecule is Cc1cccc2cc3n(c12)C(N)CC3. The molecule has 14 heavy (non-hydrogen) atoms. The quantitative estimate of drug-likeness (QED) is 0.672. The molecule has 1 aliphatic rings. The average molecular weight is 186 g/mol. The van der Waals surface area contributed by atoms with Crippen LogP contribution in [-0.2, 0) is 6.42 Å². The molecule has 1 aliphatic heterocycles. The molecule has 0 fully saturated rings. The van der Waals surface area contributed by atoms with Crippen LogP contribution in [0.5, 0.6) is 0 Å². The van der Waals surface area contributed by atoms with Crippen LogP contribution in [0, 0.1) is 6.92 Å². The number of nitrogens with zero attached hydrogens (tertiary/aromatic N) is 1. The van der Waals surface area contributed by atoms with Crippen molar-refractivity contribution in [1.82, 2.24) is 4.57 Å². The van der Waals surface area contributed by atoms with Gasteiger partial charge in [-0.3, -0.25) is 0 Å². The minimum absolute atomic E-state index is 0.184. The minimum Gasteiger partial charge on any atom is -0.329 e. The zero-order chi connectivity index (χ0) is 9.71. The van der Waals surface area contributed by atoms with Gasteiger partial charge in [-0.2, -0.15) is 0 Å². The maximum absolute atomic E-state index is 6.09. The third-order valence-electron chi connectivity index (χ3n) is 3.17. The van der Waals surface area contributed by atoms with Crippen LogP contribution in [0.2, 0.25) is 0 Å². The number of para-hydroxylation sites is 1. The first-order valence-electron chi connectivity index (χ1n) is 5.12. The number of nitrogens with two attached hydrogens (primary N) is 1. The molecule has 2 N–H and O–H groups in total. The highest BCUT2D eigenvalue weighted by molar-refractivity contribution is 5.84. The third kappa shape index (κ3) is 0.891. The normalized spacial score (nSPS) is 20.3. The fraction of sp³-hybridized carbons (Fsp3) is 0.333. The number of fused-ring (bicyclic) bond motifs is 3. The van der Waals surface area contributed by atoms with E-state index in [-0.39, 0.29) is 6.17 Å². The highest BCUT2D eigenvalue weighted by Gasteiger charge is 2.21. The van der Waals surface area contributed by atoms with Gasteiger partial charge in [0.1, 0.15) is 0 Å². The third-order valence-corrected chi connectivity index (χ3v) is 3.17. The van der Waals surface area contributed by atoms with E-state index in [2.05, 4.69) is 35.8 Å². The molecule has 0 radical (unpaired) electrons. The topological polar surface area (TPSA) is 30.9 Å². The molecule has 2 aromatic rings. The lowest BCUT2D eigenvalue weighted by Crippen LogP contribution is -2.13. The van der Waals surface area contributed by atoms with E-state index in [9.17, 15) is 0 Å². The summed E-state index contributed by atoms with van der Waals surface area (Å²) in [5.74, 6) is 0. The minimum atomic E-state index is 0.184. The molecular formula is C12H14N2. The maximum atomic E-state index is 6.09. The monoisotopic (exact) mass is 186 g/mol. The van der Waals surface area contributed by atoms with E-state index in [1.807, 2.05) is 0 Å². The molecule has 2 heteroatoms. The molecule has 0 bridgehead atoms. The molecular weight excluding hydrogens is 172 g/mol. The van der Waals surface area contributed by atoms with E-state index < -0.39 is 0 Å². The average Bonchev–Trinajstić information content (AvgIpc) is 2.67. The fourth-order valence-corrected chi connectivity index (χ4v) is 2.52. The molecule has 1 aromatic carbocycles. The van der Waals surface area contributed by atoms with Crippen molar-refractivity contribution in [1.29, 1.82) is 0 Å². The molecule has 1 atom stereocenters. The van der Waals surface area contributed by atoms with Crippen LogP contribution >= 0.6 is 0 Å². The van der Waals surface area contributed by atoms with Crippen molar-refractivity contribution in [2.24, 2.45) is 5.73 Å². The van der Waals surface area contributed by atoms with Crippen LogP contribution in [0.15, 0.2) is 24.3 Å². The Hall–Kier alpha value is -1.28. The summed E-state index contributed by atoms with van der Waals surface area (Å²) in [5, 5.41) is 1.33. The van der Waals surface area contributed by atoms with Gasteiger partial charge in [-0.25, -0.2) is 0 Å². The van der Waals surface area contributed by atoms with Gasteiger partial charge in [0, 0.05) is 11.1 Å². The van der Waals surface area contributed by atoms with Gasteiger partial charge in [-0.1, -0.05) is 18.2 Å². The first-order chi connectivity index (χ1) is 6.77. The Morgan fingerprint density at radius 2 is 2.29 bits per heavy atom. The van der Waals surface area contributed by atoms with Gasteiger partial charge < -0.3 is 10.3 Å². The molecule has 1 aromatic heterocycles. The summed E-state index contributed by atoms with van der Waals surface area (Å²) < 4.78 is 2.30. The van der Waals surface area contributed by atoms with Crippen molar-refractivity contribution in [3.63, 3.8) is 0 Å². The van der Waals surface area contributed by atoms with E-state index in [1.165, 1.54) is 22.2 Å². The van der Waals surface area contributed by atoms with Gasteiger partial charge in [-0.15, -0.1) is 0 Å². The molecule has 0 spiro atoms. The van der Waals surface area contributed by atoms with Crippen LogP contribution in [0.25, 0.3) is 10.9 Å². The predicted octanol–water partition coefficient (Wildman–Crippen LogP) is 2.35.